The van der Waals surface area contributed by atoms with Crippen molar-refractivity contribution in [3.8, 4) is 11.1 Å². The van der Waals surface area contributed by atoms with E-state index in [0.29, 0.717) is 0 Å². The van der Waals surface area contributed by atoms with Crippen LogP contribution < -0.4 is 0 Å². The molecule has 0 atom stereocenters. The summed E-state index contributed by atoms with van der Waals surface area (Å²) in [5.74, 6) is 0. The molecule has 0 bridgehead atoms. The van der Waals surface area contributed by atoms with Gasteiger partial charge in [-0.2, -0.15) is 0 Å². The zero-order chi connectivity index (χ0) is 15.1. The molecule has 0 heterocycles. The number of hydrogen-bond donors (Lipinski definition) is 0. The van der Waals surface area contributed by atoms with Crippen molar-refractivity contribution in [2.24, 2.45) is 0 Å². The highest BCUT2D eigenvalue weighted by Gasteiger charge is 2.10. The summed E-state index contributed by atoms with van der Waals surface area (Å²) in [6, 6.07) is 28.5. The Morgan fingerprint density at radius 2 is 1.00 bits per heavy atom. The van der Waals surface area contributed by atoms with Gasteiger partial charge in [-0.05, 0) is 69.8 Å². The average molecular weight is 280 g/mol. The van der Waals surface area contributed by atoms with Crippen LogP contribution in [0, 0.1) is 26.0 Å². The largest absolute Gasteiger partial charge is 0.0616 e. The Morgan fingerprint density at radius 3 is 1.45 bits per heavy atom. The second-order valence-electron chi connectivity index (χ2n) is 5.83. The molecule has 22 heavy (non-hydrogen) atoms. The minimum absolute atomic E-state index is 1.15. The van der Waals surface area contributed by atoms with Crippen LogP contribution in [-0.4, -0.2) is 0 Å². The third-order valence-electron chi connectivity index (χ3n) is 4.10. The molecule has 0 fully saturated rings. The summed E-state index contributed by atoms with van der Waals surface area (Å²) in [6.45, 7) is 4.21. The number of aryl methyl sites for hydroxylation is 2. The summed E-state index contributed by atoms with van der Waals surface area (Å²) in [6.07, 6.45) is 0. The Labute approximate surface area is 131 Å². The maximum Gasteiger partial charge on any atom is -0.00112 e. The smallest absolute Gasteiger partial charge is 0.00112 e. The van der Waals surface area contributed by atoms with E-state index >= 15 is 0 Å². The SMILES string of the molecule is Cc1[c]c(-c2[c]c(C)cc3ccccc23)c2ccccc2c1. The van der Waals surface area contributed by atoms with E-state index in [-0.39, 0.29) is 0 Å². The molecule has 4 aromatic carbocycles. The summed E-state index contributed by atoms with van der Waals surface area (Å²) in [5.41, 5.74) is 4.62. The first-order valence-electron chi connectivity index (χ1n) is 7.56. The second kappa shape index (κ2) is 4.99. The van der Waals surface area contributed by atoms with E-state index in [0.717, 1.165) is 22.3 Å². The molecule has 0 heteroatoms. The fourth-order valence-electron chi connectivity index (χ4n) is 3.16. The quantitative estimate of drug-likeness (QED) is 0.408. The van der Waals surface area contributed by atoms with E-state index in [2.05, 4.69) is 86.6 Å². The molecule has 0 aliphatic carbocycles. The Morgan fingerprint density at radius 1 is 0.591 bits per heavy atom. The molecule has 2 radical (unpaired) electrons. The summed E-state index contributed by atoms with van der Waals surface area (Å²) in [5, 5.41) is 4.99. The highest BCUT2D eigenvalue weighted by molar-refractivity contribution is 6.05. The topological polar surface area (TPSA) is 0 Å². The molecule has 4 aromatic rings. The van der Waals surface area contributed by atoms with Crippen molar-refractivity contribution in [1.82, 2.24) is 0 Å². The van der Waals surface area contributed by atoms with Crippen molar-refractivity contribution in [3.05, 3.63) is 83.9 Å². The van der Waals surface area contributed by atoms with Crippen molar-refractivity contribution in [1.29, 1.82) is 0 Å². The molecule has 0 nitrogen and oxygen atoms in total. The summed E-state index contributed by atoms with van der Waals surface area (Å²) in [4.78, 5) is 0. The van der Waals surface area contributed by atoms with Crippen molar-refractivity contribution in [3.63, 3.8) is 0 Å². The minimum atomic E-state index is 1.15. The Bertz CT molecular complexity index is 910. The third kappa shape index (κ3) is 2.08. The molecule has 0 unspecified atom stereocenters. The van der Waals surface area contributed by atoms with Gasteiger partial charge in [0.15, 0.2) is 0 Å². The molecule has 0 N–H and O–H groups in total. The molecule has 0 amide bonds. The zero-order valence-electron chi connectivity index (χ0n) is 12.8. The molecule has 4 rings (SSSR count). The van der Waals surface area contributed by atoms with E-state index in [9.17, 15) is 0 Å². The molecular weight excluding hydrogens is 264 g/mol. The van der Waals surface area contributed by atoms with Gasteiger partial charge in [-0.25, -0.2) is 0 Å². The lowest BCUT2D eigenvalue weighted by atomic mass is 9.91. The lowest BCUT2D eigenvalue weighted by molar-refractivity contribution is 1.46. The maximum absolute atomic E-state index is 3.55. The fourth-order valence-corrected chi connectivity index (χ4v) is 3.16. The first-order chi connectivity index (χ1) is 10.7. The molecule has 0 saturated carbocycles. The molecule has 0 spiro atoms. The van der Waals surface area contributed by atoms with Crippen LogP contribution in [0.3, 0.4) is 0 Å². The van der Waals surface area contributed by atoms with E-state index < -0.39 is 0 Å². The zero-order valence-corrected chi connectivity index (χ0v) is 12.8. The van der Waals surface area contributed by atoms with E-state index in [1.165, 1.54) is 21.5 Å². The van der Waals surface area contributed by atoms with Gasteiger partial charge in [-0.15, -0.1) is 0 Å². The molecule has 104 valence electrons. The summed E-state index contributed by atoms with van der Waals surface area (Å²) < 4.78 is 0. The first kappa shape index (κ1) is 13.1. The van der Waals surface area contributed by atoms with Crippen molar-refractivity contribution < 1.29 is 0 Å². The van der Waals surface area contributed by atoms with Gasteiger partial charge in [-0.1, -0.05) is 60.7 Å². The molecular formula is C22H16. The van der Waals surface area contributed by atoms with Gasteiger partial charge in [-0.3, -0.25) is 0 Å². The van der Waals surface area contributed by atoms with Crippen molar-refractivity contribution in [2.75, 3.05) is 0 Å². The van der Waals surface area contributed by atoms with Gasteiger partial charge in [0.1, 0.15) is 0 Å². The number of fused-ring (bicyclic) bond motifs is 2. The van der Waals surface area contributed by atoms with E-state index in [4.69, 9.17) is 0 Å². The van der Waals surface area contributed by atoms with E-state index in [1.54, 1.807) is 0 Å². The van der Waals surface area contributed by atoms with Crippen LogP contribution in [-0.2, 0) is 0 Å². The van der Waals surface area contributed by atoms with Crippen molar-refractivity contribution >= 4 is 21.5 Å². The molecule has 0 aliphatic heterocycles. The Hall–Kier alpha value is -2.60. The third-order valence-corrected chi connectivity index (χ3v) is 4.10. The van der Waals surface area contributed by atoms with Crippen LogP contribution in [0.4, 0.5) is 0 Å². The summed E-state index contributed by atoms with van der Waals surface area (Å²) in [7, 11) is 0. The average Bonchev–Trinajstić information content (AvgIpc) is 2.53. The Kier molecular flexibility index (Phi) is 2.97. The summed E-state index contributed by atoms with van der Waals surface area (Å²) >= 11 is 0. The highest BCUT2D eigenvalue weighted by atomic mass is 14.1. The monoisotopic (exact) mass is 280 g/mol. The van der Waals surface area contributed by atoms with Gasteiger partial charge >= 0.3 is 0 Å². The predicted octanol–water partition coefficient (Wildman–Crippen LogP) is 5.88. The molecule has 0 aliphatic rings. The lowest BCUT2D eigenvalue weighted by Crippen LogP contribution is -1.88. The lowest BCUT2D eigenvalue weighted by Gasteiger charge is -2.12. The van der Waals surface area contributed by atoms with Crippen LogP contribution in [0.25, 0.3) is 32.7 Å². The fraction of sp³-hybridized carbons (Fsp3) is 0.0909. The van der Waals surface area contributed by atoms with Crippen molar-refractivity contribution in [2.45, 2.75) is 13.8 Å². The van der Waals surface area contributed by atoms with Crippen LogP contribution >= 0.6 is 0 Å². The molecule has 0 aromatic heterocycles. The number of rotatable bonds is 1. The normalized spacial score (nSPS) is 11.2. The standard InChI is InChI=1S/C22H16/c1-15-11-17-7-3-5-9-19(17)21(13-15)22-14-16(2)12-18-8-4-6-10-20(18)22/h3-12H,1-2H3. The van der Waals surface area contributed by atoms with E-state index in [1.807, 2.05) is 0 Å². The van der Waals surface area contributed by atoms with Gasteiger partial charge < -0.3 is 0 Å². The van der Waals surface area contributed by atoms with Gasteiger partial charge in [0, 0.05) is 0 Å². The van der Waals surface area contributed by atoms with Crippen LogP contribution in [0.5, 0.6) is 0 Å². The van der Waals surface area contributed by atoms with Gasteiger partial charge in [0.2, 0.25) is 0 Å². The second-order valence-corrected chi connectivity index (χ2v) is 5.83. The number of hydrogen-bond acceptors (Lipinski definition) is 0. The maximum atomic E-state index is 3.55. The minimum Gasteiger partial charge on any atom is -0.0616 e. The first-order valence-corrected chi connectivity index (χ1v) is 7.56. The Balaban J connectivity index is 2.16. The van der Waals surface area contributed by atoms with Crippen LogP contribution in [0.15, 0.2) is 60.7 Å². The number of benzene rings is 4. The van der Waals surface area contributed by atoms with Gasteiger partial charge in [0.25, 0.3) is 0 Å². The highest BCUT2D eigenvalue weighted by Crippen LogP contribution is 2.34. The molecule has 0 saturated heterocycles. The predicted molar refractivity (Wildman–Crippen MR) is 94.0 cm³/mol. The van der Waals surface area contributed by atoms with Crippen LogP contribution in [0.1, 0.15) is 11.1 Å². The van der Waals surface area contributed by atoms with Crippen LogP contribution in [0.2, 0.25) is 0 Å². The van der Waals surface area contributed by atoms with Gasteiger partial charge in [0.05, 0.1) is 0 Å².